The average Bonchev–Trinajstić information content (AvgIpc) is 2.64. The Bertz CT molecular complexity index is 499. The van der Waals surface area contributed by atoms with Crippen LogP contribution in [0.3, 0.4) is 0 Å². The molecule has 7 heteroatoms. The summed E-state index contributed by atoms with van der Waals surface area (Å²) in [6.45, 7) is 1.32. The number of carbonyl (C=O) groups is 1. The van der Waals surface area contributed by atoms with Gasteiger partial charge in [0, 0.05) is 25.6 Å². The van der Waals surface area contributed by atoms with Crippen LogP contribution >= 0.6 is 23.2 Å². The molecular weight excluding hydrogens is 303 g/mol. The van der Waals surface area contributed by atoms with Crippen molar-refractivity contribution in [2.75, 3.05) is 26.2 Å². The van der Waals surface area contributed by atoms with Gasteiger partial charge in [-0.25, -0.2) is 4.79 Å². The Balaban J connectivity index is 2.31. The van der Waals surface area contributed by atoms with E-state index in [0.717, 1.165) is 5.56 Å². The van der Waals surface area contributed by atoms with E-state index in [1.807, 2.05) is 6.07 Å². The third kappa shape index (κ3) is 3.35. The molecule has 0 radical (unpaired) electrons. The molecule has 3 N–H and O–H groups in total. The topological polar surface area (TPSA) is 75.8 Å². The average molecular weight is 319 g/mol. The second kappa shape index (κ2) is 6.63. The van der Waals surface area contributed by atoms with Crippen molar-refractivity contribution < 1.29 is 14.6 Å². The van der Waals surface area contributed by atoms with E-state index in [0.29, 0.717) is 36.3 Å². The second-order valence-corrected chi connectivity index (χ2v) is 5.47. The smallest absolute Gasteiger partial charge is 0.407 e. The minimum Gasteiger partial charge on any atom is -0.465 e. The lowest BCUT2D eigenvalue weighted by Gasteiger charge is -2.26. The molecule has 1 aliphatic heterocycles. The van der Waals surface area contributed by atoms with Gasteiger partial charge in [0.1, 0.15) is 0 Å². The second-order valence-electron chi connectivity index (χ2n) is 4.65. The first-order valence-corrected chi connectivity index (χ1v) is 7.03. The predicted octanol–water partition coefficient (Wildman–Crippen LogP) is 2.41. The summed E-state index contributed by atoms with van der Waals surface area (Å²) in [6.07, 6.45) is -1.20. The van der Waals surface area contributed by atoms with E-state index in [1.165, 1.54) is 4.90 Å². The van der Waals surface area contributed by atoms with E-state index in [2.05, 4.69) is 0 Å². The molecular formula is C13H16Cl2N2O3. The minimum absolute atomic E-state index is 0.159. The maximum atomic E-state index is 11.2. The maximum absolute atomic E-state index is 11.2. The molecule has 0 spiro atoms. The predicted molar refractivity (Wildman–Crippen MR) is 77.6 cm³/mol. The number of amides is 1. The van der Waals surface area contributed by atoms with Gasteiger partial charge in [-0.3, -0.25) is 0 Å². The normalized spacial score (nSPS) is 23.4. The van der Waals surface area contributed by atoms with Gasteiger partial charge in [0.2, 0.25) is 0 Å². The van der Waals surface area contributed by atoms with Gasteiger partial charge >= 0.3 is 6.09 Å². The van der Waals surface area contributed by atoms with Crippen molar-refractivity contribution in [2.45, 2.75) is 12.0 Å². The number of ether oxygens (including phenoxy) is 1. The number of nitrogens with zero attached hydrogens (tertiary/aromatic N) is 1. The molecule has 5 nitrogen and oxygen atoms in total. The van der Waals surface area contributed by atoms with Gasteiger partial charge in [-0.05, 0) is 17.7 Å². The van der Waals surface area contributed by atoms with E-state index in [4.69, 9.17) is 33.7 Å². The quantitative estimate of drug-likeness (QED) is 0.878. The summed E-state index contributed by atoms with van der Waals surface area (Å²) in [5.41, 5.74) is 6.62. The number of benzene rings is 1. The molecule has 1 aromatic carbocycles. The number of hydrogen-bond donors (Lipinski definition) is 2. The number of halogens is 2. The Morgan fingerprint density at radius 3 is 2.80 bits per heavy atom. The van der Waals surface area contributed by atoms with Crippen molar-refractivity contribution in [1.82, 2.24) is 4.90 Å². The van der Waals surface area contributed by atoms with E-state index >= 15 is 0 Å². The summed E-state index contributed by atoms with van der Waals surface area (Å²) in [4.78, 5) is 12.5. The lowest BCUT2D eigenvalue weighted by molar-refractivity contribution is 0.0572. The van der Waals surface area contributed by atoms with Crippen LogP contribution in [0.15, 0.2) is 18.2 Å². The minimum atomic E-state index is -0.962. The Hall–Kier alpha value is -1.01. The Morgan fingerprint density at radius 2 is 2.20 bits per heavy atom. The van der Waals surface area contributed by atoms with E-state index in [9.17, 15) is 9.90 Å². The Labute approximate surface area is 127 Å². The molecule has 2 atom stereocenters. The molecule has 1 amide bonds. The van der Waals surface area contributed by atoms with Gasteiger partial charge in [-0.1, -0.05) is 29.3 Å². The first-order valence-electron chi connectivity index (χ1n) is 6.27. The van der Waals surface area contributed by atoms with Gasteiger partial charge < -0.3 is 20.5 Å². The van der Waals surface area contributed by atoms with Gasteiger partial charge in [0.05, 0.1) is 22.8 Å². The van der Waals surface area contributed by atoms with Crippen LogP contribution in [-0.2, 0) is 4.74 Å². The zero-order valence-electron chi connectivity index (χ0n) is 10.8. The van der Waals surface area contributed by atoms with E-state index in [1.54, 1.807) is 12.1 Å². The molecule has 110 valence electrons. The molecule has 1 saturated heterocycles. The molecule has 2 unspecified atom stereocenters. The van der Waals surface area contributed by atoms with Crippen LogP contribution in [-0.4, -0.2) is 48.4 Å². The van der Waals surface area contributed by atoms with Crippen LogP contribution < -0.4 is 5.73 Å². The lowest BCUT2D eigenvalue weighted by atomic mass is 9.93. The van der Waals surface area contributed by atoms with Crippen LogP contribution in [0.5, 0.6) is 0 Å². The SMILES string of the molecule is NCC1OCCN(C(=O)O)CC1c1ccc(Cl)c(Cl)c1. The van der Waals surface area contributed by atoms with Crippen LogP contribution in [0.1, 0.15) is 11.5 Å². The fourth-order valence-electron chi connectivity index (χ4n) is 2.35. The fourth-order valence-corrected chi connectivity index (χ4v) is 2.65. The number of hydrogen-bond acceptors (Lipinski definition) is 3. The van der Waals surface area contributed by atoms with Crippen molar-refractivity contribution in [3.05, 3.63) is 33.8 Å². The molecule has 20 heavy (non-hydrogen) atoms. The van der Waals surface area contributed by atoms with Gasteiger partial charge in [0.15, 0.2) is 0 Å². The third-order valence-corrected chi connectivity index (χ3v) is 4.17. The highest BCUT2D eigenvalue weighted by Gasteiger charge is 2.30. The van der Waals surface area contributed by atoms with Crippen LogP contribution in [0.4, 0.5) is 4.79 Å². The van der Waals surface area contributed by atoms with Crippen LogP contribution in [0.2, 0.25) is 10.0 Å². The molecule has 2 rings (SSSR count). The highest BCUT2D eigenvalue weighted by Crippen LogP contribution is 2.30. The summed E-state index contributed by atoms with van der Waals surface area (Å²) < 4.78 is 5.66. The number of carboxylic acid groups (broad SMARTS) is 1. The lowest BCUT2D eigenvalue weighted by Crippen LogP contribution is -2.37. The highest BCUT2D eigenvalue weighted by atomic mass is 35.5. The number of rotatable bonds is 2. The molecule has 0 bridgehead atoms. The van der Waals surface area contributed by atoms with Gasteiger partial charge in [0.25, 0.3) is 0 Å². The molecule has 1 aliphatic rings. The molecule has 1 heterocycles. The zero-order chi connectivity index (χ0) is 14.7. The number of nitrogens with two attached hydrogens (primary N) is 1. The van der Waals surface area contributed by atoms with E-state index < -0.39 is 6.09 Å². The van der Waals surface area contributed by atoms with Crippen molar-refractivity contribution in [3.8, 4) is 0 Å². The monoisotopic (exact) mass is 318 g/mol. The summed E-state index contributed by atoms with van der Waals surface area (Å²) in [5.74, 6) is -0.159. The highest BCUT2D eigenvalue weighted by molar-refractivity contribution is 6.42. The summed E-state index contributed by atoms with van der Waals surface area (Å²) in [5, 5.41) is 10.1. The molecule has 0 saturated carbocycles. The first kappa shape index (κ1) is 15.4. The van der Waals surface area contributed by atoms with Crippen molar-refractivity contribution in [3.63, 3.8) is 0 Å². The molecule has 0 aliphatic carbocycles. The summed E-state index contributed by atoms with van der Waals surface area (Å²) >= 11 is 11.9. The van der Waals surface area contributed by atoms with Crippen LogP contribution in [0, 0.1) is 0 Å². The van der Waals surface area contributed by atoms with Crippen molar-refractivity contribution in [2.24, 2.45) is 5.73 Å². The summed E-state index contributed by atoms with van der Waals surface area (Å²) in [7, 11) is 0. The zero-order valence-corrected chi connectivity index (χ0v) is 12.3. The van der Waals surface area contributed by atoms with Crippen molar-refractivity contribution in [1.29, 1.82) is 0 Å². The van der Waals surface area contributed by atoms with Crippen molar-refractivity contribution >= 4 is 29.3 Å². The van der Waals surface area contributed by atoms with E-state index in [-0.39, 0.29) is 12.0 Å². The van der Waals surface area contributed by atoms with Gasteiger partial charge in [-0.15, -0.1) is 0 Å². The molecule has 1 aromatic rings. The Morgan fingerprint density at radius 1 is 1.45 bits per heavy atom. The third-order valence-electron chi connectivity index (χ3n) is 3.43. The van der Waals surface area contributed by atoms with Crippen LogP contribution in [0.25, 0.3) is 0 Å². The first-order chi connectivity index (χ1) is 9.52. The fraction of sp³-hybridized carbons (Fsp3) is 0.462. The molecule has 0 aromatic heterocycles. The standard InChI is InChI=1S/C13H16Cl2N2O3/c14-10-2-1-8(5-11(10)15)9-7-17(13(18)19)3-4-20-12(9)6-16/h1-2,5,9,12H,3-4,6-7,16H2,(H,18,19). The maximum Gasteiger partial charge on any atom is 0.407 e. The van der Waals surface area contributed by atoms with Gasteiger partial charge in [-0.2, -0.15) is 0 Å². The largest absolute Gasteiger partial charge is 0.465 e. The summed E-state index contributed by atoms with van der Waals surface area (Å²) in [6, 6.07) is 5.27. The Kier molecular flexibility index (Phi) is 5.10. The molecule has 1 fully saturated rings.